The molecule has 1 aromatic carbocycles. The van der Waals surface area contributed by atoms with Crippen molar-refractivity contribution < 1.29 is 4.52 Å². The van der Waals surface area contributed by atoms with Crippen LogP contribution in [-0.4, -0.2) is 20.1 Å². The van der Waals surface area contributed by atoms with Crippen molar-refractivity contribution in [2.45, 2.75) is 6.92 Å². The van der Waals surface area contributed by atoms with Crippen molar-refractivity contribution in [3.05, 3.63) is 41.2 Å². The van der Waals surface area contributed by atoms with Crippen LogP contribution in [0.2, 0.25) is 5.02 Å². The smallest absolute Gasteiger partial charge is 0.260 e. The van der Waals surface area contributed by atoms with E-state index in [-0.39, 0.29) is 0 Å². The van der Waals surface area contributed by atoms with Crippen molar-refractivity contribution in [1.82, 2.24) is 20.1 Å². The molecule has 3 rings (SSSR count). The first-order valence-electron chi connectivity index (χ1n) is 5.81. The van der Waals surface area contributed by atoms with Gasteiger partial charge in [0.1, 0.15) is 0 Å². The number of aryl methyl sites for hydroxylation is 1. The fourth-order valence-electron chi connectivity index (χ4n) is 1.66. The number of benzene rings is 1. The van der Waals surface area contributed by atoms with E-state index in [9.17, 15) is 0 Å². The van der Waals surface area contributed by atoms with E-state index in [1.807, 2.05) is 6.92 Å². The normalized spacial score (nSPS) is 10.7. The molecule has 20 heavy (non-hydrogen) atoms. The van der Waals surface area contributed by atoms with Gasteiger partial charge in [-0.25, -0.2) is 9.97 Å². The number of hydrogen-bond donors (Lipinski definition) is 1. The molecule has 0 amide bonds. The standard InChI is InChI=1S/C13H10ClN5O/c1-7-5-16-11(17-6-7)12-18-13(20-19-12)9-3-2-8(14)4-10(9)15/h2-6H,15H2,1H3. The largest absolute Gasteiger partial charge is 0.398 e. The van der Waals surface area contributed by atoms with Crippen molar-refractivity contribution in [3.63, 3.8) is 0 Å². The summed E-state index contributed by atoms with van der Waals surface area (Å²) in [5.41, 5.74) is 7.93. The van der Waals surface area contributed by atoms with Gasteiger partial charge in [-0.15, -0.1) is 0 Å². The monoisotopic (exact) mass is 287 g/mol. The second-order valence-corrected chi connectivity index (χ2v) is 4.68. The van der Waals surface area contributed by atoms with Gasteiger partial charge in [0.25, 0.3) is 5.89 Å². The Morgan fingerprint density at radius 1 is 1.15 bits per heavy atom. The van der Waals surface area contributed by atoms with Gasteiger partial charge in [0.05, 0.1) is 5.56 Å². The van der Waals surface area contributed by atoms with Crippen molar-refractivity contribution in [3.8, 4) is 23.1 Å². The summed E-state index contributed by atoms with van der Waals surface area (Å²) in [7, 11) is 0. The van der Waals surface area contributed by atoms with Gasteiger partial charge in [-0.05, 0) is 30.7 Å². The number of nitrogens with two attached hydrogens (primary N) is 1. The molecule has 0 saturated carbocycles. The first-order valence-corrected chi connectivity index (χ1v) is 6.19. The SMILES string of the molecule is Cc1cnc(-c2noc(-c3ccc(Cl)cc3N)n2)nc1. The maximum absolute atomic E-state index is 5.88. The number of rotatable bonds is 2. The Bertz CT molecular complexity index is 754. The van der Waals surface area contributed by atoms with Gasteiger partial charge in [-0.1, -0.05) is 16.8 Å². The molecule has 0 spiro atoms. The molecule has 0 saturated heterocycles. The summed E-state index contributed by atoms with van der Waals surface area (Å²) in [6, 6.07) is 5.06. The van der Waals surface area contributed by atoms with Gasteiger partial charge in [-0.3, -0.25) is 0 Å². The lowest BCUT2D eigenvalue weighted by molar-refractivity contribution is 0.432. The number of nitrogens with zero attached hydrogens (tertiary/aromatic N) is 4. The molecule has 0 aliphatic heterocycles. The minimum Gasteiger partial charge on any atom is -0.398 e. The van der Waals surface area contributed by atoms with Crippen LogP contribution >= 0.6 is 11.6 Å². The summed E-state index contributed by atoms with van der Waals surface area (Å²) in [6.07, 6.45) is 3.38. The first kappa shape index (κ1) is 12.6. The zero-order valence-electron chi connectivity index (χ0n) is 10.5. The molecular weight excluding hydrogens is 278 g/mol. The van der Waals surface area contributed by atoms with E-state index in [0.29, 0.717) is 33.8 Å². The van der Waals surface area contributed by atoms with Gasteiger partial charge >= 0.3 is 0 Å². The molecule has 3 aromatic rings. The lowest BCUT2D eigenvalue weighted by Crippen LogP contribution is -1.92. The van der Waals surface area contributed by atoms with Gasteiger partial charge in [0.15, 0.2) is 0 Å². The summed E-state index contributed by atoms with van der Waals surface area (Å²) < 4.78 is 5.19. The minimum atomic E-state index is 0.304. The number of aromatic nitrogens is 4. The third-order valence-corrected chi connectivity index (χ3v) is 2.89. The fourth-order valence-corrected chi connectivity index (χ4v) is 1.84. The number of hydrogen-bond acceptors (Lipinski definition) is 6. The third kappa shape index (κ3) is 2.33. The third-order valence-electron chi connectivity index (χ3n) is 2.65. The van der Waals surface area contributed by atoms with Crippen molar-refractivity contribution in [1.29, 1.82) is 0 Å². The van der Waals surface area contributed by atoms with E-state index < -0.39 is 0 Å². The van der Waals surface area contributed by atoms with Crippen LogP contribution in [0.4, 0.5) is 5.69 Å². The number of halogens is 1. The van der Waals surface area contributed by atoms with E-state index >= 15 is 0 Å². The van der Waals surface area contributed by atoms with Crippen LogP contribution in [0.15, 0.2) is 35.1 Å². The molecule has 7 heteroatoms. The Morgan fingerprint density at radius 3 is 2.60 bits per heavy atom. The number of anilines is 1. The van der Waals surface area contributed by atoms with Crippen LogP contribution in [0.1, 0.15) is 5.56 Å². The van der Waals surface area contributed by atoms with Gasteiger partial charge in [0, 0.05) is 23.1 Å². The molecule has 2 heterocycles. The van der Waals surface area contributed by atoms with Crippen LogP contribution in [0.3, 0.4) is 0 Å². The molecule has 0 unspecified atom stereocenters. The van der Waals surface area contributed by atoms with Crippen molar-refractivity contribution in [2.24, 2.45) is 0 Å². The second kappa shape index (κ2) is 4.90. The molecule has 0 bridgehead atoms. The summed E-state index contributed by atoms with van der Waals surface area (Å²) >= 11 is 5.85. The van der Waals surface area contributed by atoms with Crippen molar-refractivity contribution in [2.75, 3.05) is 5.73 Å². The average molecular weight is 288 g/mol. The Labute approximate surface area is 119 Å². The van der Waals surface area contributed by atoms with Gasteiger partial charge < -0.3 is 10.3 Å². The zero-order valence-corrected chi connectivity index (χ0v) is 11.3. The van der Waals surface area contributed by atoms with Crippen molar-refractivity contribution >= 4 is 17.3 Å². The quantitative estimate of drug-likeness (QED) is 0.729. The topological polar surface area (TPSA) is 90.7 Å². The summed E-state index contributed by atoms with van der Waals surface area (Å²) in [6.45, 7) is 1.90. The maximum Gasteiger partial charge on any atom is 0.260 e. The predicted octanol–water partition coefficient (Wildman–Crippen LogP) is 2.74. The lowest BCUT2D eigenvalue weighted by Gasteiger charge is -2.00. The van der Waals surface area contributed by atoms with E-state index in [2.05, 4.69) is 20.1 Å². The fraction of sp³-hybridized carbons (Fsp3) is 0.0769. The Morgan fingerprint density at radius 2 is 1.90 bits per heavy atom. The van der Waals surface area contributed by atoms with Crippen LogP contribution in [-0.2, 0) is 0 Å². The Balaban J connectivity index is 1.99. The molecule has 2 aromatic heterocycles. The lowest BCUT2D eigenvalue weighted by atomic mass is 10.2. The summed E-state index contributed by atoms with van der Waals surface area (Å²) in [5, 5.41) is 4.41. The molecule has 0 aliphatic rings. The second-order valence-electron chi connectivity index (χ2n) is 4.24. The summed E-state index contributed by atoms with van der Waals surface area (Å²) in [4.78, 5) is 12.5. The number of nitrogen functional groups attached to an aromatic ring is 1. The van der Waals surface area contributed by atoms with E-state index in [1.165, 1.54) is 0 Å². The highest BCUT2D eigenvalue weighted by Gasteiger charge is 2.14. The Hall–Kier alpha value is -2.47. The highest BCUT2D eigenvalue weighted by molar-refractivity contribution is 6.31. The average Bonchev–Trinajstić information content (AvgIpc) is 2.89. The summed E-state index contributed by atoms with van der Waals surface area (Å²) in [5.74, 6) is 1.02. The van der Waals surface area contributed by atoms with Gasteiger partial charge in [0.2, 0.25) is 11.6 Å². The Kier molecular flexibility index (Phi) is 3.08. The molecule has 2 N–H and O–H groups in total. The highest BCUT2D eigenvalue weighted by Crippen LogP contribution is 2.28. The molecule has 100 valence electrons. The van der Waals surface area contributed by atoms with E-state index in [4.69, 9.17) is 21.9 Å². The highest BCUT2D eigenvalue weighted by atomic mass is 35.5. The maximum atomic E-state index is 5.88. The van der Waals surface area contributed by atoms with Crippen LogP contribution < -0.4 is 5.73 Å². The van der Waals surface area contributed by atoms with Crippen LogP contribution in [0, 0.1) is 6.92 Å². The molecule has 0 fully saturated rings. The molecule has 0 atom stereocenters. The molecular formula is C13H10ClN5O. The molecule has 0 radical (unpaired) electrons. The molecule has 0 aliphatic carbocycles. The van der Waals surface area contributed by atoms with Gasteiger partial charge in [-0.2, -0.15) is 4.98 Å². The predicted molar refractivity (Wildman–Crippen MR) is 74.9 cm³/mol. The first-order chi connectivity index (χ1) is 9.63. The van der Waals surface area contributed by atoms with E-state index in [1.54, 1.807) is 30.6 Å². The minimum absolute atomic E-state index is 0.304. The van der Waals surface area contributed by atoms with Crippen LogP contribution in [0.5, 0.6) is 0 Å². The molecule has 6 nitrogen and oxygen atoms in total. The van der Waals surface area contributed by atoms with E-state index in [0.717, 1.165) is 5.56 Å². The zero-order chi connectivity index (χ0) is 14.1. The van der Waals surface area contributed by atoms with Crippen LogP contribution in [0.25, 0.3) is 23.1 Å².